The molecule has 0 saturated carbocycles. The predicted molar refractivity (Wildman–Crippen MR) is 81.9 cm³/mol. The van der Waals surface area contributed by atoms with Crippen molar-refractivity contribution >= 4 is 23.0 Å². The molecule has 104 valence electrons. The van der Waals surface area contributed by atoms with Crippen LogP contribution in [-0.2, 0) is 19.4 Å². The summed E-state index contributed by atoms with van der Waals surface area (Å²) in [5, 5.41) is 9.11. The van der Waals surface area contributed by atoms with Gasteiger partial charge in [-0.2, -0.15) is 0 Å². The number of nitrogens with zero attached hydrogens (tertiary/aromatic N) is 1. The number of hydrogen-bond donors (Lipinski definition) is 1. The Morgan fingerprint density at radius 3 is 2.80 bits per heavy atom. The lowest BCUT2D eigenvalue weighted by molar-refractivity contribution is 0.0697. The number of hydrogen-bond acceptors (Lipinski definition) is 3. The molecule has 1 aromatic carbocycles. The fraction of sp³-hybridized carbons (Fsp3) is 0.312. The molecule has 0 bridgehead atoms. The van der Waals surface area contributed by atoms with Crippen molar-refractivity contribution < 1.29 is 9.90 Å². The van der Waals surface area contributed by atoms with E-state index in [9.17, 15) is 4.79 Å². The van der Waals surface area contributed by atoms with Crippen LogP contribution in [-0.4, -0.2) is 17.6 Å². The molecule has 0 aliphatic carbocycles. The zero-order valence-corrected chi connectivity index (χ0v) is 12.2. The first-order valence-electron chi connectivity index (χ1n) is 6.86. The van der Waals surface area contributed by atoms with Crippen molar-refractivity contribution in [2.24, 2.45) is 0 Å². The lowest BCUT2D eigenvalue weighted by Gasteiger charge is -2.18. The van der Waals surface area contributed by atoms with Gasteiger partial charge in [0.05, 0.1) is 12.1 Å². The van der Waals surface area contributed by atoms with Gasteiger partial charge in [0, 0.05) is 22.0 Å². The summed E-state index contributed by atoms with van der Waals surface area (Å²) in [6, 6.07) is 9.82. The molecule has 3 rings (SSSR count). The number of fused-ring (bicyclic) bond motifs is 1. The number of aromatic carboxylic acids is 1. The number of carbonyl (C=O) groups is 1. The number of thiophene rings is 1. The van der Waals surface area contributed by atoms with Crippen LogP contribution in [0, 0.1) is 0 Å². The van der Waals surface area contributed by atoms with Gasteiger partial charge in [0.2, 0.25) is 0 Å². The largest absolute Gasteiger partial charge is 0.478 e. The van der Waals surface area contributed by atoms with Gasteiger partial charge in [0.15, 0.2) is 0 Å². The molecule has 20 heavy (non-hydrogen) atoms. The molecule has 1 N–H and O–H groups in total. The molecule has 1 aliphatic rings. The number of carboxylic acids is 1. The van der Waals surface area contributed by atoms with Crippen molar-refractivity contribution in [1.82, 2.24) is 0 Å². The van der Waals surface area contributed by atoms with Crippen LogP contribution in [0.1, 0.15) is 32.6 Å². The van der Waals surface area contributed by atoms with E-state index in [1.807, 2.05) is 17.4 Å². The molecular weight excluding hydrogens is 270 g/mol. The van der Waals surface area contributed by atoms with Gasteiger partial charge in [0.25, 0.3) is 0 Å². The van der Waals surface area contributed by atoms with E-state index < -0.39 is 5.97 Å². The fourth-order valence-electron chi connectivity index (χ4n) is 2.63. The molecule has 2 aromatic rings. The minimum absolute atomic E-state index is 0.371. The van der Waals surface area contributed by atoms with Gasteiger partial charge in [-0.3, -0.25) is 0 Å². The topological polar surface area (TPSA) is 40.5 Å². The predicted octanol–water partition coefficient (Wildman–Crippen LogP) is 3.57. The van der Waals surface area contributed by atoms with Gasteiger partial charge in [0.1, 0.15) is 0 Å². The fourth-order valence-corrected chi connectivity index (χ4v) is 3.60. The highest BCUT2D eigenvalue weighted by atomic mass is 32.1. The highest BCUT2D eigenvalue weighted by molar-refractivity contribution is 7.12. The Bertz CT molecular complexity index is 648. The molecule has 0 amide bonds. The van der Waals surface area contributed by atoms with Gasteiger partial charge in [-0.25, -0.2) is 4.79 Å². The smallest absolute Gasteiger partial charge is 0.335 e. The highest BCUT2D eigenvalue weighted by Crippen LogP contribution is 2.31. The van der Waals surface area contributed by atoms with Crippen LogP contribution in [0.25, 0.3) is 0 Å². The van der Waals surface area contributed by atoms with Crippen LogP contribution in [0.5, 0.6) is 0 Å². The normalized spacial score (nSPS) is 13.6. The Morgan fingerprint density at radius 2 is 2.10 bits per heavy atom. The second kappa shape index (κ2) is 5.29. The van der Waals surface area contributed by atoms with E-state index in [0.717, 1.165) is 31.6 Å². The summed E-state index contributed by atoms with van der Waals surface area (Å²) >= 11 is 1.85. The van der Waals surface area contributed by atoms with Crippen molar-refractivity contribution in [1.29, 1.82) is 0 Å². The van der Waals surface area contributed by atoms with Gasteiger partial charge < -0.3 is 10.0 Å². The first kappa shape index (κ1) is 13.2. The third-order valence-electron chi connectivity index (χ3n) is 3.74. The zero-order valence-electron chi connectivity index (χ0n) is 11.4. The molecule has 2 heterocycles. The minimum atomic E-state index is -0.857. The summed E-state index contributed by atoms with van der Waals surface area (Å²) in [6.07, 6.45) is 2.08. The second-order valence-electron chi connectivity index (χ2n) is 5.04. The number of anilines is 1. The van der Waals surface area contributed by atoms with Crippen molar-refractivity contribution in [3.05, 3.63) is 51.2 Å². The number of rotatable bonds is 4. The average Bonchev–Trinajstić information content (AvgIpc) is 3.06. The minimum Gasteiger partial charge on any atom is -0.478 e. The maximum Gasteiger partial charge on any atom is 0.335 e. The van der Waals surface area contributed by atoms with E-state index in [-0.39, 0.29) is 0 Å². The molecule has 1 aromatic heterocycles. The van der Waals surface area contributed by atoms with Gasteiger partial charge in [-0.1, -0.05) is 13.0 Å². The van der Waals surface area contributed by atoms with Gasteiger partial charge >= 0.3 is 5.97 Å². The number of carboxylic acid groups (broad SMARTS) is 1. The van der Waals surface area contributed by atoms with E-state index in [1.165, 1.54) is 15.3 Å². The summed E-state index contributed by atoms with van der Waals surface area (Å²) in [5.41, 5.74) is 2.70. The van der Waals surface area contributed by atoms with E-state index in [0.29, 0.717) is 5.56 Å². The summed E-state index contributed by atoms with van der Waals surface area (Å²) in [4.78, 5) is 16.1. The molecule has 0 saturated heterocycles. The second-order valence-corrected chi connectivity index (χ2v) is 6.29. The van der Waals surface area contributed by atoms with Crippen molar-refractivity contribution in [3.8, 4) is 0 Å². The first-order valence-corrected chi connectivity index (χ1v) is 7.68. The van der Waals surface area contributed by atoms with Crippen LogP contribution < -0.4 is 4.90 Å². The van der Waals surface area contributed by atoms with E-state index >= 15 is 0 Å². The molecule has 3 nitrogen and oxygen atoms in total. The van der Waals surface area contributed by atoms with E-state index in [4.69, 9.17) is 5.11 Å². The zero-order chi connectivity index (χ0) is 14.1. The maximum atomic E-state index is 11.1. The van der Waals surface area contributed by atoms with Crippen molar-refractivity contribution in [2.75, 3.05) is 11.4 Å². The highest BCUT2D eigenvalue weighted by Gasteiger charge is 2.21. The van der Waals surface area contributed by atoms with Crippen LogP contribution in [0.2, 0.25) is 0 Å². The Balaban J connectivity index is 1.84. The van der Waals surface area contributed by atoms with E-state index in [1.54, 1.807) is 12.1 Å². The molecule has 0 fully saturated rings. The number of benzene rings is 1. The van der Waals surface area contributed by atoms with Gasteiger partial charge in [-0.05, 0) is 42.7 Å². The molecule has 0 unspecified atom stereocenters. The maximum absolute atomic E-state index is 11.1. The molecule has 0 radical (unpaired) electrons. The van der Waals surface area contributed by atoms with Crippen LogP contribution >= 0.6 is 11.3 Å². The van der Waals surface area contributed by atoms with Crippen LogP contribution in [0.3, 0.4) is 0 Å². The van der Waals surface area contributed by atoms with Gasteiger partial charge in [-0.15, -0.1) is 11.3 Å². The third-order valence-corrected chi connectivity index (χ3v) is 4.95. The average molecular weight is 287 g/mol. The molecule has 0 atom stereocenters. The van der Waals surface area contributed by atoms with E-state index in [2.05, 4.69) is 24.0 Å². The molecule has 4 heteroatoms. The Kier molecular flexibility index (Phi) is 3.49. The Labute approximate surface area is 122 Å². The summed E-state index contributed by atoms with van der Waals surface area (Å²) in [5.74, 6) is -0.857. The molecular formula is C16H17NO2S. The molecule has 0 spiro atoms. The van der Waals surface area contributed by atoms with Crippen LogP contribution in [0.15, 0.2) is 30.3 Å². The molecule has 1 aliphatic heterocycles. The summed E-state index contributed by atoms with van der Waals surface area (Å²) in [6.45, 7) is 4.01. The lowest BCUT2D eigenvalue weighted by atomic mass is 10.1. The Morgan fingerprint density at radius 1 is 1.30 bits per heavy atom. The Hall–Kier alpha value is -1.81. The third kappa shape index (κ3) is 2.43. The lowest BCUT2D eigenvalue weighted by Crippen LogP contribution is -2.19. The monoisotopic (exact) mass is 287 g/mol. The van der Waals surface area contributed by atoms with Crippen LogP contribution in [0.4, 0.5) is 5.69 Å². The number of aryl methyl sites for hydroxylation is 1. The standard InChI is InChI=1S/C16H17NO2S/c1-2-13-5-6-14(20-13)10-17-8-7-11-3-4-12(16(18)19)9-15(11)17/h3-6,9H,2,7-8,10H2,1H3,(H,18,19). The quantitative estimate of drug-likeness (QED) is 0.934. The van der Waals surface area contributed by atoms with Crippen molar-refractivity contribution in [3.63, 3.8) is 0 Å². The summed E-state index contributed by atoms with van der Waals surface area (Å²) < 4.78 is 0. The SMILES string of the molecule is CCc1ccc(CN2CCc3ccc(C(=O)O)cc32)s1. The van der Waals surface area contributed by atoms with Crippen molar-refractivity contribution in [2.45, 2.75) is 26.3 Å². The summed E-state index contributed by atoms with van der Waals surface area (Å²) in [7, 11) is 0. The first-order chi connectivity index (χ1) is 9.67.